The fourth-order valence-electron chi connectivity index (χ4n) is 2.57. The van der Waals surface area contributed by atoms with Crippen molar-refractivity contribution in [1.29, 1.82) is 0 Å². The monoisotopic (exact) mass is 284 g/mol. The largest absolute Gasteiger partial charge is 0.352 e. The van der Waals surface area contributed by atoms with Crippen molar-refractivity contribution in [3.05, 3.63) is 41.6 Å². The van der Waals surface area contributed by atoms with Crippen LogP contribution >= 0.6 is 0 Å². The fraction of sp³-hybridized carbons (Fsp3) is 0.375. The third kappa shape index (κ3) is 3.49. The number of aromatic amines is 1. The molecule has 0 saturated heterocycles. The van der Waals surface area contributed by atoms with E-state index in [1.54, 1.807) is 0 Å². The zero-order chi connectivity index (χ0) is 14.5. The van der Waals surface area contributed by atoms with Crippen LogP contribution in [0.25, 0.3) is 10.9 Å². The number of nitrogens with zero attached hydrogens (tertiary/aromatic N) is 1. The molecule has 1 aromatic carbocycles. The summed E-state index contributed by atoms with van der Waals surface area (Å²) in [5.41, 5.74) is 3.30. The molecule has 0 spiro atoms. The molecule has 5 heteroatoms. The SMILES string of the molecule is O=C(CCc1[nH]nc2ccccc12)NCC1=CCNCC1. The van der Waals surface area contributed by atoms with Gasteiger partial charge in [-0.05, 0) is 25.5 Å². The number of benzene rings is 1. The second kappa shape index (κ2) is 6.54. The van der Waals surface area contributed by atoms with Crippen molar-refractivity contribution in [2.75, 3.05) is 19.6 Å². The summed E-state index contributed by atoms with van der Waals surface area (Å²) in [7, 11) is 0. The van der Waals surface area contributed by atoms with Crippen LogP contribution < -0.4 is 10.6 Å². The van der Waals surface area contributed by atoms with Crippen molar-refractivity contribution >= 4 is 16.8 Å². The number of fused-ring (bicyclic) bond motifs is 1. The second-order valence-corrected chi connectivity index (χ2v) is 5.31. The third-order valence-corrected chi connectivity index (χ3v) is 3.81. The molecule has 2 heterocycles. The average molecular weight is 284 g/mol. The molecule has 0 atom stereocenters. The summed E-state index contributed by atoms with van der Waals surface area (Å²) in [4.78, 5) is 11.9. The van der Waals surface area contributed by atoms with Gasteiger partial charge in [-0.2, -0.15) is 5.10 Å². The van der Waals surface area contributed by atoms with Gasteiger partial charge in [0.2, 0.25) is 5.91 Å². The predicted molar refractivity (Wildman–Crippen MR) is 83.0 cm³/mol. The molecule has 0 aliphatic carbocycles. The van der Waals surface area contributed by atoms with Gasteiger partial charge in [0.1, 0.15) is 0 Å². The molecule has 21 heavy (non-hydrogen) atoms. The van der Waals surface area contributed by atoms with Gasteiger partial charge in [-0.25, -0.2) is 0 Å². The summed E-state index contributed by atoms with van der Waals surface area (Å²) < 4.78 is 0. The van der Waals surface area contributed by atoms with Crippen LogP contribution in [-0.2, 0) is 11.2 Å². The summed E-state index contributed by atoms with van der Waals surface area (Å²) in [6.45, 7) is 2.58. The summed E-state index contributed by atoms with van der Waals surface area (Å²) in [5.74, 6) is 0.0908. The average Bonchev–Trinajstić information content (AvgIpc) is 2.95. The lowest BCUT2D eigenvalue weighted by Gasteiger charge is -2.14. The van der Waals surface area contributed by atoms with Crippen molar-refractivity contribution in [2.45, 2.75) is 19.3 Å². The normalized spacial score (nSPS) is 15.0. The van der Waals surface area contributed by atoms with Crippen LogP contribution in [0.1, 0.15) is 18.5 Å². The van der Waals surface area contributed by atoms with Gasteiger partial charge in [0.15, 0.2) is 0 Å². The van der Waals surface area contributed by atoms with Crippen molar-refractivity contribution < 1.29 is 4.79 Å². The highest BCUT2D eigenvalue weighted by atomic mass is 16.1. The molecule has 0 saturated carbocycles. The van der Waals surface area contributed by atoms with E-state index in [0.29, 0.717) is 19.4 Å². The van der Waals surface area contributed by atoms with E-state index >= 15 is 0 Å². The summed E-state index contributed by atoms with van der Waals surface area (Å²) >= 11 is 0. The first-order valence-corrected chi connectivity index (χ1v) is 7.40. The van der Waals surface area contributed by atoms with Gasteiger partial charge < -0.3 is 10.6 Å². The molecular formula is C16H20N4O. The van der Waals surface area contributed by atoms with Crippen LogP contribution in [0.4, 0.5) is 0 Å². The van der Waals surface area contributed by atoms with Crippen LogP contribution in [0.3, 0.4) is 0 Å². The lowest BCUT2D eigenvalue weighted by Crippen LogP contribution is -2.29. The maximum absolute atomic E-state index is 11.9. The molecule has 3 N–H and O–H groups in total. The number of amides is 1. The number of hydrogen-bond donors (Lipinski definition) is 3. The van der Waals surface area contributed by atoms with E-state index in [4.69, 9.17) is 0 Å². The molecule has 2 aromatic rings. The molecule has 3 rings (SSSR count). The molecule has 5 nitrogen and oxygen atoms in total. The smallest absolute Gasteiger partial charge is 0.220 e. The second-order valence-electron chi connectivity index (χ2n) is 5.31. The van der Waals surface area contributed by atoms with E-state index in [2.05, 4.69) is 26.9 Å². The molecule has 0 fully saturated rings. The number of para-hydroxylation sites is 1. The highest BCUT2D eigenvalue weighted by Crippen LogP contribution is 2.16. The van der Waals surface area contributed by atoms with E-state index in [-0.39, 0.29) is 5.91 Å². The van der Waals surface area contributed by atoms with Gasteiger partial charge >= 0.3 is 0 Å². The van der Waals surface area contributed by atoms with Gasteiger partial charge in [0.25, 0.3) is 0 Å². The molecule has 1 aliphatic rings. The fourth-order valence-corrected chi connectivity index (χ4v) is 2.57. The van der Waals surface area contributed by atoms with Gasteiger partial charge in [-0.3, -0.25) is 9.89 Å². The van der Waals surface area contributed by atoms with E-state index in [1.807, 2.05) is 24.3 Å². The Balaban J connectivity index is 1.50. The Morgan fingerprint density at radius 2 is 2.24 bits per heavy atom. The van der Waals surface area contributed by atoms with Crippen LogP contribution in [0.15, 0.2) is 35.9 Å². The van der Waals surface area contributed by atoms with Crippen LogP contribution in [0.5, 0.6) is 0 Å². The van der Waals surface area contributed by atoms with Crippen molar-refractivity contribution in [3.8, 4) is 0 Å². The molecule has 0 unspecified atom stereocenters. The third-order valence-electron chi connectivity index (χ3n) is 3.81. The number of aryl methyl sites for hydroxylation is 1. The maximum Gasteiger partial charge on any atom is 0.220 e. The minimum Gasteiger partial charge on any atom is -0.352 e. The first-order valence-electron chi connectivity index (χ1n) is 7.40. The van der Waals surface area contributed by atoms with E-state index in [0.717, 1.165) is 36.1 Å². The summed E-state index contributed by atoms with van der Waals surface area (Å²) in [5, 5.41) is 14.6. The van der Waals surface area contributed by atoms with Crippen LogP contribution in [0.2, 0.25) is 0 Å². The Labute approximate surface area is 123 Å². The minimum atomic E-state index is 0.0908. The molecule has 1 aromatic heterocycles. The zero-order valence-electron chi connectivity index (χ0n) is 12.0. The quantitative estimate of drug-likeness (QED) is 0.729. The Morgan fingerprint density at radius 3 is 3.10 bits per heavy atom. The van der Waals surface area contributed by atoms with Crippen LogP contribution in [0, 0.1) is 0 Å². The maximum atomic E-state index is 11.9. The Morgan fingerprint density at radius 1 is 1.33 bits per heavy atom. The van der Waals surface area contributed by atoms with Gasteiger partial charge in [-0.15, -0.1) is 0 Å². The summed E-state index contributed by atoms with van der Waals surface area (Å²) in [6, 6.07) is 7.96. The number of carbonyl (C=O) groups is 1. The predicted octanol–water partition coefficient (Wildman–Crippen LogP) is 1.53. The van der Waals surface area contributed by atoms with E-state index in [1.165, 1.54) is 5.57 Å². The lowest BCUT2D eigenvalue weighted by atomic mass is 10.1. The van der Waals surface area contributed by atoms with E-state index < -0.39 is 0 Å². The molecule has 0 bridgehead atoms. The summed E-state index contributed by atoms with van der Waals surface area (Å²) in [6.07, 6.45) is 4.35. The highest BCUT2D eigenvalue weighted by Gasteiger charge is 2.09. The lowest BCUT2D eigenvalue weighted by molar-refractivity contribution is -0.120. The van der Waals surface area contributed by atoms with Gasteiger partial charge in [0.05, 0.1) is 5.52 Å². The highest BCUT2D eigenvalue weighted by molar-refractivity contribution is 5.82. The first kappa shape index (κ1) is 13.8. The van der Waals surface area contributed by atoms with Gasteiger partial charge in [0, 0.05) is 30.6 Å². The Bertz CT molecular complexity index is 659. The standard InChI is InChI=1S/C16H20N4O/c21-16(18-11-12-7-9-17-10-8-12)6-5-15-13-3-1-2-4-14(13)19-20-15/h1-4,7,17H,5-6,8-11H2,(H,18,21)(H,19,20). The molecule has 1 amide bonds. The van der Waals surface area contributed by atoms with Crippen molar-refractivity contribution in [1.82, 2.24) is 20.8 Å². The van der Waals surface area contributed by atoms with Gasteiger partial charge in [-0.1, -0.05) is 29.8 Å². The number of aromatic nitrogens is 2. The Hall–Kier alpha value is -2.14. The van der Waals surface area contributed by atoms with Crippen molar-refractivity contribution in [3.63, 3.8) is 0 Å². The van der Waals surface area contributed by atoms with Crippen LogP contribution in [-0.4, -0.2) is 35.7 Å². The first-order chi connectivity index (χ1) is 10.3. The topological polar surface area (TPSA) is 69.8 Å². The molecule has 110 valence electrons. The number of carbonyl (C=O) groups excluding carboxylic acids is 1. The van der Waals surface area contributed by atoms with E-state index in [9.17, 15) is 4.79 Å². The number of rotatable bonds is 5. The number of H-pyrrole nitrogens is 1. The molecule has 0 radical (unpaired) electrons. The van der Waals surface area contributed by atoms with Crippen molar-refractivity contribution in [2.24, 2.45) is 0 Å². The molecule has 1 aliphatic heterocycles. The number of hydrogen-bond acceptors (Lipinski definition) is 3. The Kier molecular flexibility index (Phi) is 4.31. The zero-order valence-corrected chi connectivity index (χ0v) is 12.0. The minimum absolute atomic E-state index is 0.0908. The number of nitrogens with one attached hydrogen (secondary N) is 3. The molecular weight excluding hydrogens is 264 g/mol.